The van der Waals surface area contributed by atoms with Crippen LogP contribution in [-0.2, 0) is 0 Å². The number of nitrogens with zero attached hydrogens (tertiary/aromatic N) is 2. The van der Waals surface area contributed by atoms with Crippen LogP contribution in [0.2, 0.25) is 0 Å². The molecular formula is C92H60B4N2O4S. The Kier molecular flexibility index (Phi) is 14.8. The highest BCUT2D eigenvalue weighted by Crippen LogP contribution is 2.51. The number of benzene rings is 14. The maximum atomic E-state index is 6.96. The van der Waals surface area contributed by atoms with Crippen LogP contribution in [0, 0.1) is 0 Å². The topological polar surface area (TPSA) is 59.0 Å². The third-order valence-corrected chi connectivity index (χ3v) is 22.1. The van der Waals surface area contributed by atoms with Crippen LogP contribution in [-0.4, -0.2) is 26.9 Å². The SMILES string of the molecule is c1ccc(-c2ccc(B3c4oc5ccccc5c4B(c4ccc(N(c5ccccc5)c5ccccc5)cc4)c4oc5ccccc5c43)cc2)cc1.c1ccc(-c2ccc(B3c4oc5ccccc5c4B(c4ccc(N5c6ccccc6Sc6ccccc65)cc4)c4oc5ccccc5c43)cc2)cc1. The fourth-order valence-electron chi connectivity index (χ4n) is 16.4. The Morgan fingerprint density at radius 2 is 0.495 bits per heavy atom. The summed E-state index contributed by atoms with van der Waals surface area (Å²) < 4.78 is 27.8. The van der Waals surface area contributed by atoms with Gasteiger partial charge in [0, 0.05) is 54.1 Å². The van der Waals surface area contributed by atoms with E-state index in [-0.39, 0.29) is 26.9 Å². The van der Waals surface area contributed by atoms with Crippen molar-refractivity contribution in [3.63, 3.8) is 0 Å². The first-order chi connectivity index (χ1) is 51.1. The van der Waals surface area contributed by atoms with E-state index in [0.717, 1.165) is 94.7 Å². The summed E-state index contributed by atoms with van der Waals surface area (Å²) >= 11 is 1.83. The van der Waals surface area contributed by atoms with Crippen LogP contribution in [0.3, 0.4) is 0 Å². The lowest BCUT2D eigenvalue weighted by atomic mass is 9.24. The van der Waals surface area contributed by atoms with Gasteiger partial charge in [-0.3, -0.25) is 0 Å². The van der Waals surface area contributed by atoms with E-state index < -0.39 is 0 Å². The summed E-state index contributed by atoms with van der Waals surface area (Å²) in [6, 6.07) is 129. The van der Waals surface area contributed by atoms with Gasteiger partial charge in [-0.1, -0.05) is 301 Å². The van der Waals surface area contributed by atoms with Gasteiger partial charge in [-0.05, 0) is 141 Å². The van der Waals surface area contributed by atoms with Gasteiger partial charge in [0.15, 0.2) is 0 Å². The number of hydrogen-bond acceptors (Lipinski definition) is 7. The molecule has 14 aromatic carbocycles. The van der Waals surface area contributed by atoms with E-state index in [0.29, 0.717) is 0 Å². The van der Waals surface area contributed by atoms with Crippen LogP contribution < -0.4 is 76.1 Å². The van der Waals surface area contributed by atoms with Crippen molar-refractivity contribution < 1.29 is 17.7 Å². The van der Waals surface area contributed by atoms with Crippen molar-refractivity contribution in [3.05, 3.63) is 364 Å². The lowest BCUT2D eigenvalue weighted by molar-refractivity contribution is 0.647. The number of para-hydroxylation sites is 8. The minimum atomic E-state index is -0.151. The third kappa shape index (κ3) is 10.3. The molecule has 0 saturated heterocycles. The van der Waals surface area contributed by atoms with Crippen molar-refractivity contribution in [1.29, 1.82) is 0 Å². The van der Waals surface area contributed by atoms with E-state index in [2.05, 4.69) is 374 Å². The molecule has 3 aliphatic rings. The molecule has 480 valence electrons. The molecule has 0 unspecified atom stereocenters. The molecule has 0 aliphatic carbocycles. The van der Waals surface area contributed by atoms with Crippen molar-refractivity contribution in [2.24, 2.45) is 0 Å². The fraction of sp³-hybridized carbons (Fsp3) is 0. The lowest BCUT2D eigenvalue weighted by Crippen LogP contribution is -2.73. The molecule has 0 fully saturated rings. The number of rotatable bonds is 10. The summed E-state index contributed by atoms with van der Waals surface area (Å²) in [5.41, 5.74) is 28.5. The zero-order chi connectivity index (χ0) is 67.9. The Morgan fingerprint density at radius 3 is 0.845 bits per heavy atom. The molecule has 103 heavy (non-hydrogen) atoms. The molecule has 21 rings (SSSR count). The smallest absolute Gasteiger partial charge is 0.290 e. The highest BCUT2D eigenvalue weighted by molar-refractivity contribution is 7.99. The van der Waals surface area contributed by atoms with Gasteiger partial charge in [-0.2, -0.15) is 0 Å². The summed E-state index contributed by atoms with van der Waals surface area (Å²) in [5.74, 6) is 0. The second-order valence-electron chi connectivity index (χ2n) is 26.8. The molecule has 7 heterocycles. The molecule has 6 nitrogen and oxygen atoms in total. The van der Waals surface area contributed by atoms with Gasteiger partial charge in [0.2, 0.25) is 0 Å². The Morgan fingerprint density at radius 1 is 0.233 bits per heavy atom. The van der Waals surface area contributed by atoms with Crippen LogP contribution in [0.5, 0.6) is 0 Å². The van der Waals surface area contributed by atoms with Gasteiger partial charge in [0.25, 0.3) is 26.9 Å². The first-order valence-corrected chi connectivity index (χ1v) is 36.1. The predicted octanol–water partition coefficient (Wildman–Crippen LogP) is 15.8. The second kappa shape index (κ2) is 25.3. The standard InChI is InChI=1S/C46H29B2NO2S.C46H31B2NO2/c1-2-12-30(13-3-1)31-22-24-32(25-23-31)47-43-35-14-4-8-18-39(35)51-46(43)48(44-36-15-5-9-19-40(36)50-45(44)47)33-26-28-34(29-27-33)49-37-16-6-10-20-41(37)52-42-21-11-7-17-38(42)49;1-4-14-32(15-5-1)33-24-26-34(27-25-33)47-43-39-20-10-12-22-41(39)51-46(43)48(44-40-21-11-13-23-42(40)50-45(44)47)35-28-30-38(31-29-35)49(36-16-6-2-7-17-36)37-18-8-3-9-19-37/h1-29H;1-31H. The van der Waals surface area contributed by atoms with Crippen LogP contribution in [0.1, 0.15) is 0 Å². The molecule has 18 aromatic rings. The Hall–Kier alpha value is -12.6. The van der Waals surface area contributed by atoms with Crippen LogP contribution in [0.4, 0.5) is 34.1 Å². The van der Waals surface area contributed by atoms with Gasteiger partial charge in [-0.25, -0.2) is 0 Å². The van der Waals surface area contributed by atoms with Crippen LogP contribution >= 0.6 is 11.8 Å². The molecular weight excluding hydrogens is 1270 g/mol. The van der Waals surface area contributed by atoms with Gasteiger partial charge in [0.05, 0.1) is 34.0 Å². The number of fused-ring (bicyclic) bond motifs is 14. The van der Waals surface area contributed by atoms with Crippen LogP contribution in [0.25, 0.3) is 66.1 Å². The maximum absolute atomic E-state index is 6.96. The fourth-order valence-corrected chi connectivity index (χ4v) is 17.5. The molecule has 0 bridgehead atoms. The minimum Gasteiger partial charge on any atom is -0.471 e. The van der Waals surface area contributed by atoms with E-state index in [1.165, 1.54) is 81.7 Å². The Labute approximate surface area is 602 Å². The number of anilines is 6. The lowest BCUT2D eigenvalue weighted by Gasteiger charge is -2.33. The highest BCUT2D eigenvalue weighted by atomic mass is 32.2. The quantitative estimate of drug-likeness (QED) is 0.126. The average Bonchev–Trinajstić information content (AvgIpc) is 1.57. The Bertz CT molecular complexity index is 6090. The summed E-state index contributed by atoms with van der Waals surface area (Å²) in [6.45, 7) is -0.549. The third-order valence-electron chi connectivity index (χ3n) is 21.0. The monoisotopic (exact) mass is 1330 g/mol. The number of furan rings is 4. The van der Waals surface area contributed by atoms with Crippen molar-refractivity contribution >= 4 is 183 Å². The molecule has 0 amide bonds. The molecule has 3 aliphatic heterocycles. The van der Waals surface area contributed by atoms with Gasteiger partial charge in [0.1, 0.15) is 22.3 Å². The first-order valence-electron chi connectivity index (χ1n) is 35.2. The molecule has 4 aromatic heterocycles. The minimum absolute atomic E-state index is 0.125. The molecule has 11 heteroatoms. The zero-order valence-electron chi connectivity index (χ0n) is 55.9. The van der Waals surface area contributed by atoms with Crippen LogP contribution in [0.15, 0.2) is 391 Å². The average molecular weight is 1330 g/mol. The van der Waals surface area contributed by atoms with Gasteiger partial charge >= 0.3 is 0 Å². The predicted molar refractivity (Wildman–Crippen MR) is 434 cm³/mol. The summed E-state index contributed by atoms with van der Waals surface area (Å²) in [6.07, 6.45) is 0. The van der Waals surface area contributed by atoms with Gasteiger partial charge < -0.3 is 27.5 Å². The van der Waals surface area contributed by atoms with E-state index in [9.17, 15) is 0 Å². The van der Waals surface area contributed by atoms with Crippen molar-refractivity contribution in [2.45, 2.75) is 9.79 Å². The molecule has 0 saturated carbocycles. The molecule has 0 N–H and O–H groups in total. The normalized spacial score (nSPS) is 12.7. The van der Waals surface area contributed by atoms with Crippen molar-refractivity contribution in [1.82, 2.24) is 0 Å². The van der Waals surface area contributed by atoms with Gasteiger partial charge in [-0.15, -0.1) is 0 Å². The number of hydrogen-bond donors (Lipinski definition) is 0. The molecule has 0 radical (unpaired) electrons. The largest absolute Gasteiger partial charge is 0.471 e. The summed E-state index contributed by atoms with van der Waals surface area (Å²) in [5, 5.41) is 4.49. The van der Waals surface area contributed by atoms with E-state index >= 15 is 0 Å². The Balaban J connectivity index is 0.000000138. The molecule has 0 spiro atoms. The van der Waals surface area contributed by atoms with E-state index in [1.807, 2.05) is 11.8 Å². The second-order valence-corrected chi connectivity index (χ2v) is 27.9. The molecule has 0 atom stereocenters. The first kappa shape index (κ1) is 60.4. The van der Waals surface area contributed by atoms with E-state index in [1.54, 1.807) is 0 Å². The summed E-state index contributed by atoms with van der Waals surface area (Å²) in [4.78, 5) is 7.18. The maximum Gasteiger partial charge on any atom is 0.290 e. The zero-order valence-corrected chi connectivity index (χ0v) is 56.7. The summed E-state index contributed by atoms with van der Waals surface area (Å²) in [7, 11) is 0. The van der Waals surface area contributed by atoms with E-state index in [4.69, 9.17) is 17.7 Å². The van der Waals surface area contributed by atoms with Crippen molar-refractivity contribution in [3.8, 4) is 22.3 Å². The highest BCUT2D eigenvalue weighted by Gasteiger charge is 2.48. The van der Waals surface area contributed by atoms with Crippen molar-refractivity contribution in [2.75, 3.05) is 9.80 Å².